The summed E-state index contributed by atoms with van der Waals surface area (Å²) in [5.74, 6) is -3.91. The van der Waals surface area contributed by atoms with Crippen LogP contribution >= 0.6 is 0 Å². The molecule has 2 rings (SSSR count). The number of carboxylic acids is 1. The van der Waals surface area contributed by atoms with Crippen molar-refractivity contribution in [3.63, 3.8) is 0 Å². The number of benzene rings is 1. The SMILES string of the molecule is CC(C)CC(NC(=O)C(C)N)C(=O)NC(CCC(N)=O)C(=O)NC(Cc1c[nH]c2ccccc12)C(=O)O. The molecule has 0 fully saturated rings. The third-order valence-electron chi connectivity index (χ3n) is 5.78. The van der Waals surface area contributed by atoms with Gasteiger partial charge in [-0.05, 0) is 37.3 Å². The molecule has 37 heavy (non-hydrogen) atoms. The summed E-state index contributed by atoms with van der Waals surface area (Å²) in [4.78, 5) is 64.7. The van der Waals surface area contributed by atoms with Crippen LogP contribution in [0.3, 0.4) is 0 Å². The van der Waals surface area contributed by atoms with Crippen LogP contribution in [-0.4, -0.2) is 63.9 Å². The molecule has 1 aromatic carbocycles. The maximum atomic E-state index is 13.1. The van der Waals surface area contributed by atoms with Gasteiger partial charge >= 0.3 is 5.97 Å². The average Bonchev–Trinajstić information content (AvgIpc) is 3.22. The number of para-hydroxylation sites is 1. The van der Waals surface area contributed by atoms with Gasteiger partial charge in [0.2, 0.25) is 23.6 Å². The molecule has 0 aliphatic heterocycles. The number of aromatic amines is 1. The topological polar surface area (TPSA) is 209 Å². The van der Waals surface area contributed by atoms with Crippen molar-refractivity contribution in [3.05, 3.63) is 36.0 Å². The minimum atomic E-state index is -1.30. The summed E-state index contributed by atoms with van der Waals surface area (Å²) in [5, 5.41) is 18.2. The van der Waals surface area contributed by atoms with E-state index < -0.39 is 53.8 Å². The number of nitrogens with one attached hydrogen (secondary N) is 4. The number of carboxylic acid groups (broad SMARTS) is 1. The molecule has 4 atom stereocenters. The third-order valence-corrected chi connectivity index (χ3v) is 5.78. The monoisotopic (exact) mass is 516 g/mol. The molecule has 1 aromatic heterocycles. The summed E-state index contributed by atoms with van der Waals surface area (Å²) in [5.41, 5.74) is 12.4. The lowest BCUT2D eigenvalue weighted by Gasteiger charge is -2.25. The van der Waals surface area contributed by atoms with Crippen LogP contribution < -0.4 is 27.4 Å². The first kappa shape index (κ1) is 29.3. The van der Waals surface area contributed by atoms with E-state index in [0.29, 0.717) is 5.56 Å². The number of hydrogen-bond acceptors (Lipinski definition) is 6. The van der Waals surface area contributed by atoms with E-state index in [2.05, 4.69) is 20.9 Å². The fraction of sp³-hybridized carbons (Fsp3) is 0.480. The smallest absolute Gasteiger partial charge is 0.326 e. The summed E-state index contributed by atoms with van der Waals surface area (Å²) < 4.78 is 0. The van der Waals surface area contributed by atoms with Crippen LogP contribution in [0.5, 0.6) is 0 Å². The minimum Gasteiger partial charge on any atom is -0.480 e. The van der Waals surface area contributed by atoms with Crippen LogP contribution in [0.2, 0.25) is 0 Å². The molecule has 0 saturated carbocycles. The van der Waals surface area contributed by atoms with E-state index in [1.54, 1.807) is 6.20 Å². The molecule has 0 spiro atoms. The molecular weight excluding hydrogens is 480 g/mol. The quantitative estimate of drug-likeness (QED) is 0.181. The van der Waals surface area contributed by atoms with E-state index in [1.165, 1.54) is 6.92 Å². The van der Waals surface area contributed by atoms with E-state index in [-0.39, 0.29) is 31.6 Å². The van der Waals surface area contributed by atoms with Gasteiger partial charge in [0.15, 0.2) is 0 Å². The molecule has 12 nitrogen and oxygen atoms in total. The molecule has 202 valence electrons. The van der Waals surface area contributed by atoms with Crippen molar-refractivity contribution < 1.29 is 29.1 Å². The summed E-state index contributed by atoms with van der Waals surface area (Å²) >= 11 is 0. The number of carbonyl (C=O) groups excluding carboxylic acids is 4. The predicted octanol–water partition coefficient (Wildman–Crippen LogP) is -0.0918. The Bertz CT molecular complexity index is 1130. The fourth-order valence-corrected chi connectivity index (χ4v) is 3.83. The summed E-state index contributed by atoms with van der Waals surface area (Å²) in [6, 6.07) is 2.95. The Morgan fingerprint density at radius 2 is 1.51 bits per heavy atom. The summed E-state index contributed by atoms with van der Waals surface area (Å²) in [6.07, 6.45) is 1.56. The number of H-pyrrole nitrogens is 1. The molecule has 2 aromatic rings. The van der Waals surface area contributed by atoms with Crippen molar-refractivity contribution in [1.82, 2.24) is 20.9 Å². The van der Waals surface area contributed by atoms with Crippen LogP contribution in [0.1, 0.15) is 45.6 Å². The molecule has 0 saturated heterocycles. The number of rotatable bonds is 14. The maximum absolute atomic E-state index is 13.1. The molecule has 12 heteroatoms. The van der Waals surface area contributed by atoms with Crippen LogP contribution in [-0.2, 0) is 30.4 Å². The molecule has 1 heterocycles. The van der Waals surface area contributed by atoms with E-state index in [0.717, 1.165) is 10.9 Å². The Hall–Kier alpha value is -3.93. The highest BCUT2D eigenvalue weighted by Gasteiger charge is 2.31. The van der Waals surface area contributed by atoms with Crippen molar-refractivity contribution in [1.29, 1.82) is 0 Å². The van der Waals surface area contributed by atoms with Gasteiger partial charge in [0.05, 0.1) is 6.04 Å². The lowest BCUT2D eigenvalue weighted by atomic mass is 10.0. The van der Waals surface area contributed by atoms with Crippen LogP contribution in [0, 0.1) is 5.92 Å². The lowest BCUT2D eigenvalue weighted by Crippen LogP contribution is -2.57. The van der Waals surface area contributed by atoms with Gasteiger partial charge in [-0.25, -0.2) is 4.79 Å². The Kier molecular flexibility index (Phi) is 10.6. The zero-order valence-electron chi connectivity index (χ0n) is 21.2. The average molecular weight is 517 g/mol. The lowest BCUT2D eigenvalue weighted by molar-refractivity contribution is -0.142. The van der Waals surface area contributed by atoms with Gasteiger partial charge in [0, 0.05) is 29.9 Å². The number of carbonyl (C=O) groups is 5. The normalized spacial score (nSPS) is 14.4. The standard InChI is InChI=1S/C25H36N6O6/c1-13(2)10-19(30-22(33)14(3)26)24(35)29-18(8-9-21(27)32)23(34)31-20(25(36)37)11-15-12-28-17-7-5-4-6-16(15)17/h4-7,12-14,18-20,28H,8-11,26H2,1-3H3,(H2,27,32)(H,29,35)(H,30,33)(H,31,34)(H,36,37). The highest BCUT2D eigenvalue weighted by atomic mass is 16.4. The molecule has 9 N–H and O–H groups in total. The second-order valence-electron chi connectivity index (χ2n) is 9.51. The number of aliphatic carboxylic acids is 1. The molecule has 0 aliphatic rings. The molecule has 0 radical (unpaired) electrons. The maximum Gasteiger partial charge on any atom is 0.326 e. The Morgan fingerprint density at radius 1 is 0.919 bits per heavy atom. The number of fused-ring (bicyclic) bond motifs is 1. The first-order valence-electron chi connectivity index (χ1n) is 12.1. The van der Waals surface area contributed by atoms with Crippen molar-refractivity contribution in [2.24, 2.45) is 17.4 Å². The van der Waals surface area contributed by atoms with E-state index >= 15 is 0 Å². The predicted molar refractivity (Wildman–Crippen MR) is 137 cm³/mol. The minimum absolute atomic E-state index is 0.0119. The fourth-order valence-electron chi connectivity index (χ4n) is 3.83. The van der Waals surface area contributed by atoms with Crippen molar-refractivity contribution in [2.75, 3.05) is 0 Å². The Morgan fingerprint density at radius 3 is 2.11 bits per heavy atom. The third kappa shape index (κ3) is 8.90. The first-order valence-corrected chi connectivity index (χ1v) is 12.1. The molecule has 4 amide bonds. The molecule has 0 bridgehead atoms. The van der Waals surface area contributed by atoms with Gasteiger partial charge in [-0.2, -0.15) is 0 Å². The van der Waals surface area contributed by atoms with E-state index in [4.69, 9.17) is 11.5 Å². The second kappa shape index (κ2) is 13.4. The largest absolute Gasteiger partial charge is 0.480 e. The van der Waals surface area contributed by atoms with E-state index in [1.807, 2.05) is 38.1 Å². The molecule has 4 unspecified atom stereocenters. The van der Waals surface area contributed by atoms with Gasteiger partial charge in [-0.1, -0.05) is 32.0 Å². The summed E-state index contributed by atoms with van der Waals surface area (Å²) in [7, 11) is 0. The number of hydrogen-bond donors (Lipinski definition) is 7. The highest BCUT2D eigenvalue weighted by molar-refractivity contribution is 5.94. The first-order chi connectivity index (χ1) is 17.4. The zero-order chi connectivity index (χ0) is 27.7. The van der Waals surface area contributed by atoms with Crippen LogP contribution in [0.25, 0.3) is 10.9 Å². The summed E-state index contributed by atoms with van der Waals surface area (Å²) in [6.45, 7) is 5.19. The van der Waals surface area contributed by atoms with Gasteiger partial charge in [0.25, 0.3) is 0 Å². The Balaban J connectivity index is 2.20. The highest BCUT2D eigenvalue weighted by Crippen LogP contribution is 2.19. The van der Waals surface area contributed by atoms with E-state index in [9.17, 15) is 29.1 Å². The van der Waals surface area contributed by atoms with Crippen molar-refractivity contribution >= 4 is 40.5 Å². The van der Waals surface area contributed by atoms with Gasteiger partial charge in [-0.3, -0.25) is 19.2 Å². The number of nitrogens with two attached hydrogens (primary N) is 2. The molecular formula is C25H36N6O6. The van der Waals surface area contributed by atoms with Crippen molar-refractivity contribution in [3.8, 4) is 0 Å². The number of primary amides is 1. The number of aromatic nitrogens is 1. The van der Waals surface area contributed by atoms with Gasteiger partial charge < -0.3 is 37.5 Å². The second-order valence-corrected chi connectivity index (χ2v) is 9.51. The number of amides is 4. The van der Waals surface area contributed by atoms with Crippen molar-refractivity contribution in [2.45, 2.75) is 70.6 Å². The van der Waals surface area contributed by atoms with Gasteiger partial charge in [0.1, 0.15) is 18.1 Å². The van der Waals surface area contributed by atoms with Crippen LogP contribution in [0.4, 0.5) is 0 Å². The van der Waals surface area contributed by atoms with Gasteiger partial charge in [-0.15, -0.1) is 0 Å². The van der Waals surface area contributed by atoms with Crippen LogP contribution in [0.15, 0.2) is 30.5 Å². The zero-order valence-corrected chi connectivity index (χ0v) is 21.2. The Labute approximate surface area is 214 Å². The molecule has 0 aliphatic carbocycles.